The molecule has 0 radical (unpaired) electrons. The first-order chi connectivity index (χ1) is 14.3. The lowest BCUT2D eigenvalue weighted by atomic mass is 10.0. The van der Waals surface area contributed by atoms with Crippen molar-refractivity contribution in [2.45, 2.75) is 6.61 Å². The Morgan fingerprint density at radius 2 is 1.45 bits per heavy atom. The van der Waals surface area contributed by atoms with E-state index in [1.165, 1.54) is 0 Å². The molecule has 0 aliphatic carbocycles. The van der Waals surface area contributed by atoms with Crippen LogP contribution in [0.3, 0.4) is 0 Å². The van der Waals surface area contributed by atoms with Gasteiger partial charge in [0.25, 0.3) is 5.89 Å². The maximum atomic E-state index is 5.68. The molecule has 0 amide bonds. The minimum atomic E-state index is 0.0757. The lowest BCUT2D eigenvalue weighted by Crippen LogP contribution is -2.04. The summed E-state index contributed by atoms with van der Waals surface area (Å²) in [5.41, 5.74) is 3.47. The Morgan fingerprint density at radius 3 is 2.03 bits per heavy atom. The normalized spacial score (nSPS) is 10.4. The molecule has 0 fully saturated rings. The first-order valence-electron chi connectivity index (χ1n) is 9.11. The van der Waals surface area contributed by atoms with Crippen LogP contribution in [0.1, 0.15) is 17.0 Å². The minimum Gasteiger partial charge on any atom is -0.497 e. The van der Waals surface area contributed by atoms with Gasteiger partial charge in [0, 0.05) is 16.7 Å². The number of methoxy groups -OCH3 is 1. The van der Waals surface area contributed by atoms with Gasteiger partial charge < -0.3 is 14.0 Å². The minimum absolute atomic E-state index is 0.0757. The van der Waals surface area contributed by atoms with Crippen molar-refractivity contribution < 1.29 is 14.0 Å². The average molecular weight is 385 g/mol. The Hall–Kier alpha value is -3.93. The topological polar surface area (TPSA) is 69.7 Å². The number of aromatic nitrogens is 2. The zero-order valence-corrected chi connectivity index (χ0v) is 15.9. The Kier molecular flexibility index (Phi) is 5.62. The molecule has 0 atom stereocenters. The number of nitrogens with zero attached hydrogens (tertiary/aromatic N) is 3. The van der Waals surface area contributed by atoms with Crippen LogP contribution in [0.2, 0.25) is 0 Å². The highest BCUT2D eigenvalue weighted by Gasteiger charge is 2.11. The summed E-state index contributed by atoms with van der Waals surface area (Å²) in [5, 5.41) is 12.4. The lowest BCUT2D eigenvalue weighted by Gasteiger charge is -2.06. The number of hydrogen-bond donors (Lipinski definition) is 0. The van der Waals surface area contributed by atoms with Crippen LogP contribution >= 0.6 is 0 Å². The second kappa shape index (κ2) is 8.84. The van der Waals surface area contributed by atoms with E-state index < -0.39 is 0 Å². The summed E-state index contributed by atoms with van der Waals surface area (Å²) in [6.07, 6.45) is 0. The second-order valence-corrected chi connectivity index (χ2v) is 6.17. The van der Waals surface area contributed by atoms with Crippen molar-refractivity contribution in [2.24, 2.45) is 5.16 Å². The molecule has 0 unspecified atom stereocenters. The molecule has 0 saturated carbocycles. The third-order valence-corrected chi connectivity index (χ3v) is 4.24. The summed E-state index contributed by atoms with van der Waals surface area (Å²) in [6, 6.07) is 27.1. The fourth-order valence-corrected chi connectivity index (χ4v) is 2.78. The zero-order valence-electron chi connectivity index (χ0n) is 15.9. The molecule has 0 aliphatic rings. The maximum Gasteiger partial charge on any atom is 0.257 e. The van der Waals surface area contributed by atoms with Crippen LogP contribution in [-0.2, 0) is 11.4 Å². The fraction of sp³-hybridized carbons (Fsp3) is 0.0870. The summed E-state index contributed by atoms with van der Waals surface area (Å²) < 4.78 is 10.8. The van der Waals surface area contributed by atoms with Gasteiger partial charge in [0.05, 0.1) is 7.11 Å². The summed E-state index contributed by atoms with van der Waals surface area (Å²) in [7, 11) is 1.62. The summed E-state index contributed by atoms with van der Waals surface area (Å²) in [4.78, 5) is 5.55. The molecule has 6 heteroatoms. The molecule has 0 aliphatic heterocycles. The van der Waals surface area contributed by atoms with Crippen molar-refractivity contribution in [3.8, 4) is 17.2 Å². The average Bonchev–Trinajstić information content (AvgIpc) is 3.27. The van der Waals surface area contributed by atoms with Gasteiger partial charge in [-0.3, -0.25) is 0 Å². The van der Waals surface area contributed by atoms with Crippen LogP contribution in [-0.4, -0.2) is 23.0 Å². The molecular formula is C23H19N3O3. The third-order valence-electron chi connectivity index (χ3n) is 4.24. The van der Waals surface area contributed by atoms with E-state index in [-0.39, 0.29) is 6.61 Å². The number of ether oxygens (including phenoxy) is 1. The molecule has 1 heterocycles. The van der Waals surface area contributed by atoms with Crippen LogP contribution < -0.4 is 4.74 Å². The van der Waals surface area contributed by atoms with Gasteiger partial charge in [0.2, 0.25) is 5.89 Å². The van der Waals surface area contributed by atoms with E-state index in [0.717, 1.165) is 28.2 Å². The van der Waals surface area contributed by atoms with Gasteiger partial charge in [0.15, 0.2) is 6.61 Å². The predicted octanol–water partition coefficient (Wildman–Crippen LogP) is 4.71. The SMILES string of the molecule is COc1ccc(-c2nnc(CON=C(c3ccccc3)c3ccccc3)o2)cc1. The van der Waals surface area contributed by atoms with Gasteiger partial charge in [-0.05, 0) is 24.3 Å². The van der Waals surface area contributed by atoms with Crippen molar-refractivity contribution in [2.75, 3.05) is 7.11 Å². The first-order valence-corrected chi connectivity index (χ1v) is 9.11. The highest BCUT2D eigenvalue weighted by atomic mass is 16.6. The molecule has 4 rings (SSSR count). The molecule has 1 aromatic heterocycles. The van der Waals surface area contributed by atoms with Crippen molar-refractivity contribution in [1.82, 2.24) is 10.2 Å². The number of hydrogen-bond acceptors (Lipinski definition) is 6. The van der Waals surface area contributed by atoms with Gasteiger partial charge in [0.1, 0.15) is 11.5 Å². The van der Waals surface area contributed by atoms with E-state index in [1.54, 1.807) is 7.11 Å². The Labute approximate surface area is 168 Å². The molecule has 4 aromatic rings. The highest BCUT2D eigenvalue weighted by molar-refractivity contribution is 6.12. The Bertz CT molecular complexity index is 1030. The Morgan fingerprint density at radius 1 is 0.828 bits per heavy atom. The van der Waals surface area contributed by atoms with Crippen LogP contribution in [0.5, 0.6) is 5.75 Å². The highest BCUT2D eigenvalue weighted by Crippen LogP contribution is 2.21. The fourth-order valence-electron chi connectivity index (χ4n) is 2.78. The second-order valence-electron chi connectivity index (χ2n) is 6.17. The van der Waals surface area contributed by atoms with Gasteiger partial charge in [-0.1, -0.05) is 65.8 Å². The van der Waals surface area contributed by atoms with E-state index in [2.05, 4.69) is 15.4 Å². The van der Waals surface area contributed by atoms with Crippen LogP contribution in [0, 0.1) is 0 Å². The maximum absolute atomic E-state index is 5.68. The van der Waals surface area contributed by atoms with Crippen LogP contribution in [0.25, 0.3) is 11.5 Å². The molecule has 29 heavy (non-hydrogen) atoms. The molecule has 0 N–H and O–H groups in total. The third kappa shape index (κ3) is 4.50. The van der Waals surface area contributed by atoms with Crippen molar-refractivity contribution in [1.29, 1.82) is 0 Å². The first kappa shape index (κ1) is 18.4. The van der Waals surface area contributed by atoms with E-state index in [0.29, 0.717) is 11.8 Å². The Balaban J connectivity index is 1.50. The standard InChI is InChI=1S/C23H19N3O3/c1-27-20-14-12-19(13-15-20)23-25-24-21(29-23)16-28-26-22(17-8-4-2-5-9-17)18-10-6-3-7-11-18/h2-15H,16H2,1H3. The summed E-state index contributed by atoms with van der Waals surface area (Å²) in [6.45, 7) is 0.0757. The number of oxime groups is 1. The summed E-state index contributed by atoms with van der Waals surface area (Å²) >= 11 is 0. The van der Waals surface area contributed by atoms with Gasteiger partial charge >= 0.3 is 0 Å². The monoisotopic (exact) mass is 385 g/mol. The molecular weight excluding hydrogens is 366 g/mol. The number of benzene rings is 3. The van der Waals surface area contributed by atoms with E-state index in [4.69, 9.17) is 14.0 Å². The van der Waals surface area contributed by atoms with Crippen LogP contribution in [0.15, 0.2) is 94.5 Å². The van der Waals surface area contributed by atoms with Gasteiger partial charge in [-0.15, -0.1) is 10.2 Å². The van der Waals surface area contributed by atoms with E-state index >= 15 is 0 Å². The lowest BCUT2D eigenvalue weighted by molar-refractivity contribution is 0.111. The largest absolute Gasteiger partial charge is 0.497 e. The molecule has 0 spiro atoms. The van der Waals surface area contributed by atoms with E-state index in [9.17, 15) is 0 Å². The zero-order chi connectivity index (χ0) is 19.9. The van der Waals surface area contributed by atoms with Crippen LogP contribution in [0.4, 0.5) is 0 Å². The summed E-state index contributed by atoms with van der Waals surface area (Å²) in [5.74, 6) is 1.53. The molecule has 144 valence electrons. The smallest absolute Gasteiger partial charge is 0.257 e. The number of rotatable bonds is 7. The molecule has 0 bridgehead atoms. The van der Waals surface area contributed by atoms with Crippen molar-refractivity contribution in [3.05, 3.63) is 102 Å². The molecule has 3 aromatic carbocycles. The quantitative estimate of drug-likeness (QED) is 0.340. The molecule has 0 saturated heterocycles. The van der Waals surface area contributed by atoms with Gasteiger partial charge in [-0.2, -0.15) is 0 Å². The predicted molar refractivity (Wildman–Crippen MR) is 110 cm³/mol. The van der Waals surface area contributed by atoms with Crippen molar-refractivity contribution in [3.63, 3.8) is 0 Å². The van der Waals surface area contributed by atoms with Gasteiger partial charge in [-0.25, -0.2) is 0 Å². The van der Waals surface area contributed by atoms with E-state index in [1.807, 2.05) is 84.9 Å². The van der Waals surface area contributed by atoms with Crippen molar-refractivity contribution >= 4 is 5.71 Å². The molecule has 6 nitrogen and oxygen atoms in total.